The Morgan fingerprint density at radius 2 is 2.00 bits per heavy atom. The number of carbonyl (C=O) groups excluding carboxylic acids is 1. The van der Waals surface area contributed by atoms with E-state index >= 15 is 0 Å². The average Bonchev–Trinajstić information content (AvgIpc) is 2.61. The van der Waals surface area contributed by atoms with E-state index < -0.39 is 0 Å². The van der Waals surface area contributed by atoms with Crippen LogP contribution in [0.25, 0.3) is 0 Å². The van der Waals surface area contributed by atoms with Crippen molar-refractivity contribution in [2.75, 3.05) is 27.0 Å². The van der Waals surface area contributed by atoms with Crippen molar-refractivity contribution < 1.29 is 13.9 Å². The quantitative estimate of drug-likeness (QED) is 0.170. The Morgan fingerprint density at radius 3 is 2.65 bits per heavy atom. The smallest absolute Gasteiger partial charge is 0.305 e. The summed E-state index contributed by atoms with van der Waals surface area (Å²) in [5.74, 6) is 1.13. The van der Waals surface area contributed by atoms with Crippen molar-refractivity contribution in [2.45, 2.75) is 38.0 Å². The van der Waals surface area contributed by atoms with Crippen LogP contribution in [0, 0.1) is 5.82 Å². The Morgan fingerprint density at radius 1 is 1.23 bits per heavy atom. The molecule has 0 saturated carbocycles. The van der Waals surface area contributed by atoms with Crippen molar-refractivity contribution in [3.05, 3.63) is 35.1 Å². The molecule has 0 bridgehead atoms. The zero-order chi connectivity index (χ0) is 18.5. The van der Waals surface area contributed by atoms with Gasteiger partial charge in [-0.15, -0.1) is 24.0 Å². The number of aliphatic imine (C=N–C) groups is 1. The van der Waals surface area contributed by atoms with Crippen molar-refractivity contribution in [1.29, 1.82) is 0 Å². The van der Waals surface area contributed by atoms with Gasteiger partial charge in [-0.25, -0.2) is 4.39 Å². The van der Waals surface area contributed by atoms with Crippen LogP contribution in [0.2, 0.25) is 0 Å². The number of thioether (sulfide) groups is 1. The summed E-state index contributed by atoms with van der Waals surface area (Å²) in [7, 11) is 3.13. The minimum absolute atomic E-state index is 0. The molecule has 0 radical (unpaired) electrons. The fourth-order valence-corrected chi connectivity index (χ4v) is 2.92. The highest BCUT2D eigenvalue weighted by molar-refractivity contribution is 14.0. The molecule has 1 aromatic rings. The van der Waals surface area contributed by atoms with Crippen LogP contribution in [0.1, 0.15) is 36.8 Å². The van der Waals surface area contributed by atoms with E-state index in [0.29, 0.717) is 18.9 Å². The minimum atomic E-state index is -0.206. The third-order valence-corrected chi connectivity index (χ3v) is 4.32. The Kier molecular flexibility index (Phi) is 14.5. The minimum Gasteiger partial charge on any atom is -0.469 e. The molecule has 0 spiro atoms. The van der Waals surface area contributed by atoms with E-state index in [1.807, 2.05) is 12.3 Å². The number of rotatable bonds is 10. The second kappa shape index (κ2) is 15.1. The van der Waals surface area contributed by atoms with E-state index in [2.05, 4.69) is 20.4 Å². The normalized spacial score (nSPS) is 10.8. The predicted octanol–water partition coefficient (Wildman–Crippen LogP) is 3.71. The van der Waals surface area contributed by atoms with E-state index in [9.17, 15) is 9.18 Å². The van der Waals surface area contributed by atoms with Crippen LogP contribution in [0.15, 0.2) is 23.2 Å². The summed E-state index contributed by atoms with van der Waals surface area (Å²) < 4.78 is 18.0. The van der Waals surface area contributed by atoms with Gasteiger partial charge in [0, 0.05) is 32.3 Å². The molecule has 0 amide bonds. The standard InChI is InChI=1S/C18H28FN3O2S.HI/c1-20-18(21-10-6-4-5-7-17(23)24-2)22-12-14-8-9-16(19)11-15(14)13-25-3;/h8-9,11H,4-7,10,12-13H2,1-3H3,(H2,20,21,22);1H. The van der Waals surface area contributed by atoms with Gasteiger partial charge in [-0.05, 0) is 42.4 Å². The van der Waals surface area contributed by atoms with Crippen molar-refractivity contribution in [3.63, 3.8) is 0 Å². The van der Waals surface area contributed by atoms with E-state index in [1.165, 1.54) is 13.2 Å². The highest BCUT2D eigenvalue weighted by Crippen LogP contribution is 2.16. The molecule has 0 aliphatic carbocycles. The summed E-state index contributed by atoms with van der Waals surface area (Å²) in [6.45, 7) is 1.38. The van der Waals surface area contributed by atoms with Crippen molar-refractivity contribution in [2.24, 2.45) is 4.99 Å². The first kappa shape index (κ1) is 25.0. The number of guanidine groups is 1. The fourth-order valence-electron chi connectivity index (χ4n) is 2.34. The third-order valence-electron chi connectivity index (χ3n) is 3.72. The number of unbranched alkanes of at least 4 members (excludes halogenated alkanes) is 2. The lowest BCUT2D eigenvalue weighted by molar-refractivity contribution is -0.140. The first-order valence-electron chi connectivity index (χ1n) is 8.38. The second-order valence-corrected chi connectivity index (χ2v) is 6.45. The molecule has 0 atom stereocenters. The maximum absolute atomic E-state index is 13.4. The lowest BCUT2D eigenvalue weighted by atomic mass is 10.1. The van der Waals surface area contributed by atoms with Crippen LogP contribution in [-0.2, 0) is 21.8 Å². The molecule has 8 heteroatoms. The number of hydrogen-bond acceptors (Lipinski definition) is 4. The Labute approximate surface area is 177 Å². The summed E-state index contributed by atoms with van der Waals surface area (Å²) in [4.78, 5) is 15.2. The zero-order valence-corrected chi connectivity index (χ0v) is 18.8. The SMILES string of the molecule is CN=C(NCCCCCC(=O)OC)NCc1ccc(F)cc1CSC.I. The largest absolute Gasteiger partial charge is 0.469 e. The lowest BCUT2D eigenvalue weighted by Gasteiger charge is -2.14. The summed E-state index contributed by atoms with van der Waals surface area (Å²) in [5.41, 5.74) is 2.06. The summed E-state index contributed by atoms with van der Waals surface area (Å²) >= 11 is 1.67. The first-order valence-corrected chi connectivity index (χ1v) is 9.77. The van der Waals surface area contributed by atoms with Crippen LogP contribution < -0.4 is 10.6 Å². The van der Waals surface area contributed by atoms with Gasteiger partial charge in [0.15, 0.2) is 5.96 Å². The highest BCUT2D eigenvalue weighted by Gasteiger charge is 2.05. The van der Waals surface area contributed by atoms with E-state index in [4.69, 9.17) is 0 Å². The van der Waals surface area contributed by atoms with Gasteiger partial charge in [-0.3, -0.25) is 9.79 Å². The number of halogens is 2. The summed E-state index contributed by atoms with van der Waals surface area (Å²) in [5, 5.41) is 6.50. The number of ether oxygens (including phenoxy) is 1. The molecule has 148 valence electrons. The molecule has 1 aromatic carbocycles. The predicted molar refractivity (Wildman–Crippen MR) is 118 cm³/mol. The number of carbonyl (C=O) groups is 1. The number of nitrogens with zero attached hydrogens (tertiary/aromatic N) is 1. The van der Waals surface area contributed by atoms with E-state index in [-0.39, 0.29) is 35.8 Å². The summed E-state index contributed by atoms with van der Waals surface area (Å²) in [6.07, 6.45) is 5.20. The molecule has 0 aliphatic heterocycles. The Bertz CT molecular complexity index is 573. The monoisotopic (exact) mass is 497 g/mol. The van der Waals surface area contributed by atoms with Gasteiger partial charge in [-0.1, -0.05) is 12.5 Å². The Balaban J connectivity index is 0.00000625. The van der Waals surface area contributed by atoms with Gasteiger partial charge in [0.1, 0.15) is 5.82 Å². The molecule has 1 rings (SSSR count). The maximum Gasteiger partial charge on any atom is 0.305 e. The first-order chi connectivity index (χ1) is 12.1. The Hall–Kier alpha value is -1.03. The fraction of sp³-hybridized carbons (Fsp3) is 0.556. The van der Waals surface area contributed by atoms with Gasteiger partial charge in [0.05, 0.1) is 7.11 Å². The number of hydrogen-bond donors (Lipinski definition) is 2. The molecule has 0 heterocycles. The average molecular weight is 497 g/mol. The molecular weight excluding hydrogens is 468 g/mol. The molecule has 5 nitrogen and oxygen atoms in total. The van der Waals surface area contributed by atoms with Gasteiger partial charge < -0.3 is 15.4 Å². The summed E-state index contributed by atoms with van der Waals surface area (Å²) in [6, 6.07) is 4.89. The second-order valence-electron chi connectivity index (χ2n) is 5.59. The van der Waals surface area contributed by atoms with Crippen LogP contribution in [0.3, 0.4) is 0 Å². The van der Waals surface area contributed by atoms with Gasteiger partial charge in [-0.2, -0.15) is 11.8 Å². The molecule has 0 fully saturated rings. The van der Waals surface area contributed by atoms with Crippen LogP contribution in [-0.4, -0.2) is 38.9 Å². The molecule has 0 unspecified atom stereocenters. The highest BCUT2D eigenvalue weighted by atomic mass is 127. The third kappa shape index (κ3) is 10.2. The maximum atomic E-state index is 13.4. The van der Waals surface area contributed by atoms with Gasteiger partial charge >= 0.3 is 5.97 Å². The van der Waals surface area contributed by atoms with Crippen LogP contribution >= 0.6 is 35.7 Å². The number of methoxy groups -OCH3 is 1. The van der Waals surface area contributed by atoms with Crippen molar-refractivity contribution in [1.82, 2.24) is 10.6 Å². The molecule has 0 aromatic heterocycles. The van der Waals surface area contributed by atoms with Crippen LogP contribution in [0.4, 0.5) is 4.39 Å². The lowest BCUT2D eigenvalue weighted by Crippen LogP contribution is -2.37. The van der Waals surface area contributed by atoms with E-state index in [1.54, 1.807) is 24.9 Å². The number of benzene rings is 1. The van der Waals surface area contributed by atoms with E-state index in [0.717, 1.165) is 42.7 Å². The molecule has 0 aliphatic rings. The number of nitrogens with one attached hydrogen (secondary N) is 2. The van der Waals surface area contributed by atoms with Crippen molar-refractivity contribution in [3.8, 4) is 0 Å². The van der Waals surface area contributed by atoms with Gasteiger partial charge in [0.2, 0.25) is 0 Å². The van der Waals surface area contributed by atoms with Crippen LogP contribution in [0.5, 0.6) is 0 Å². The molecule has 0 saturated heterocycles. The van der Waals surface area contributed by atoms with Crippen molar-refractivity contribution >= 4 is 47.7 Å². The topological polar surface area (TPSA) is 62.7 Å². The van der Waals surface area contributed by atoms with Gasteiger partial charge in [0.25, 0.3) is 0 Å². The molecular formula is C18H29FIN3O2S. The number of esters is 1. The molecule has 2 N–H and O–H groups in total. The zero-order valence-electron chi connectivity index (χ0n) is 15.6. The molecule has 26 heavy (non-hydrogen) atoms.